The van der Waals surface area contributed by atoms with E-state index in [2.05, 4.69) is 30.2 Å². The van der Waals surface area contributed by atoms with Crippen molar-refractivity contribution in [2.75, 3.05) is 51.8 Å². The zero-order chi connectivity index (χ0) is 19.8. The Morgan fingerprint density at radius 2 is 1.89 bits per heavy atom. The van der Waals surface area contributed by atoms with Gasteiger partial charge in [0.1, 0.15) is 11.5 Å². The van der Waals surface area contributed by atoms with E-state index < -0.39 is 5.97 Å². The van der Waals surface area contributed by atoms with Gasteiger partial charge in [-0.25, -0.2) is 14.8 Å². The van der Waals surface area contributed by atoms with Gasteiger partial charge in [0.05, 0.1) is 38.3 Å². The van der Waals surface area contributed by atoms with Crippen molar-refractivity contribution in [3.63, 3.8) is 0 Å². The largest absolute Gasteiger partial charge is 0.465 e. The van der Waals surface area contributed by atoms with E-state index in [0.29, 0.717) is 17.9 Å². The molecule has 0 bridgehead atoms. The Morgan fingerprint density at radius 1 is 1.14 bits per heavy atom. The highest BCUT2D eigenvalue weighted by atomic mass is 16.5. The molecule has 3 rings (SSSR count). The van der Waals surface area contributed by atoms with Crippen LogP contribution >= 0.6 is 0 Å². The third kappa shape index (κ3) is 5.48. The third-order valence-corrected chi connectivity index (χ3v) is 4.28. The van der Waals surface area contributed by atoms with Crippen LogP contribution in [0.25, 0.3) is 0 Å². The number of esters is 1. The van der Waals surface area contributed by atoms with Crippen molar-refractivity contribution in [3.05, 3.63) is 47.9 Å². The second-order valence-corrected chi connectivity index (χ2v) is 6.19. The van der Waals surface area contributed by atoms with Crippen molar-refractivity contribution in [1.29, 1.82) is 0 Å². The van der Waals surface area contributed by atoms with Crippen LogP contribution in [0.15, 0.2) is 36.7 Å². The Morgan fingerprint density at radius 3 is 2.54 bits per heavy atom. The maximum atomic E-state index is 12.2. The van der Waals surface area contributed by atoms with Gasteiger partial charge in [-0.2, -0.15) is 0 Å². The van der Waals surface area contributed by atoms with Crippen LogP contribution in [0.4, 0.5) is 11.5 Å². The van der Waals surface area contributed by atoms with E-state index in [1.165, 1.54) is 19.5 Å². The maximum Gasteiger partial charge on any atom is 0.337 e. The van der Waals surface area contributed by atoms with E-state index in [4.69, 9.17) is 4.74 Å². The molecule has 1 amide bonds. The van der Waals surface area contributed by atoms with Crippen molar-refractivity contribution < 1.29 is 19.1 Å². The molecule has 2 heterocycles. The van der Waals surface area contributed by atoms with Gasteiger partial charge in [-0.15, -0.1) is 0 Å². The van der Waals surface area contributed by atoms with Gasteiger partial charge in [-0.1, -0.05) is 0 Å². The van der Waals surface area contributed by atoms with Crippen LogP contribution in [0.2, 0.25) is 0 Å². The van der Waals surface area contributed by atoms with Gasteiger partial charge in [0.2, 0.25) is 0 Å². The van der Waals surface area contributed by atoms with Crippen LogP contribution in [0, 0.1) is 0 Å². The smallest absolute Gasteiger partial charge is 0.337 e. The van der Waals surface area contributed by atoms with Gasteiger partial charge in [-0.05, 0) is 24.3 Å². The number of ether oxygens (including phenoxy) is 2. The van der Waals surface area contributed by atoms with Crippen LogP contribution < -0.4 is 10.6 Å². The van der Waals surface area contributed by atoms with E-state index in [-0.39, 0.29) is 11.6 Å². The number of hydrogen-bond acceptors (Lipinski definition) is 8. The number of carbonyl (C=O) groups excluding carboxylic acids is 2. The molecule has 1 fully saturated rings. The van der Waals surface area contributed by atoms with Gasteiger partial charge in [0.25, 0.3) is 5.91 Å². The fourth-order valence-corrected chi connectivity index (χ4v) is 2.71. The van der Waals surface area contributed by atoms with Gasteiger partial charge in [0, 0.05) is 31.9 Å². The summed E-state index contributed by atoms with van der Waals surface area (Å²) in [4.78, 5) is 34.2. The standard InChI is InChI=1S/C19H23N5O4/c1-27-19(26)14-2-4-15(5-3-14)23-17-13-21-16(12-22-17)18(25)20-6-7-24-8-10-28-11-9-24/h2-5,12-13H,6-11H2,1H3,(H,20,25)(H,22,23). The van der Waals surface area contributed by atoms with Crippen LogP contribution in [-0.2, 0) is 9.47 Å². The summed E-state index contributed by atoms with van der Waals surface area (Å²) in [6, 6.07) is 6.77. The number of benzene rings is 1. The predicted octanol–water partition coefficient (Wildman–Crippen LogP) is 1.07. The molecular formula is C19H23N5O4. The minimum absolute atomic E-state index is 0.255. The molecule has 0 atom stereocenters. The number of aromatic nitrogens is 2. The number of nitrogens with one attached hydrogen (secondary N) is 2. The van der Waals surface area contributed by atoms with E-state index >= 15 is 0 Å². The molecule has 0 saturated carbocycles. The highest BCUT2D eigenvalue weighted by Gasteiger charge is 2.12. The zero-order valence-electron chi connectivity index (χ0n) is 15.7. The summed E-state index contributed by atoms with van der Waals surface area (Å²) in [6.45, 7) is 4.57. The van der Waals surface area contributed by atoms with E-state index in [1.54, 1.807) is 24.3 Å². The Kier molecular flexibility index (Phi) is 6.88. The number of nitrogens with zero attached hydrogens (tertiary/aromatic N) is 3. The first-order valence-corrected chi connectivity index (χ1v) is 9.01. The summed E-state index contributed by atoms with van der Waals surface area (Å²) in [7, 11) is 1.34. The highest BCUT2D eigenvalue weighted by Crippen LogP contribution is 2.15. The van der Waals surface area contributed by atoms with Crippen molar-refractivity contribution >= 4 is 23.4 Å². The van der Waals surface area contributed by atoms with E-state index in [1.807, 2.05) is 0 Å². The minimum Gasteiger partial charge on any atom is -0.465 e. The quantitative estimate of drug-likeness (QED) is 0.682. The SMILES string of the molecule is COC(=O)c1ccc(Nc2cnc(C(=O)NCCN3CCOCC3)cn2)cc1. The second-order valence-electron chi connectivity index (χ2n) is 6.19. The third-order valence-electron chi connectivity index (χ3n) is 4.28. The number of anilines is 2. The molecule has 2 aromatic rings. The fraction of sp³-hybridized carbons (Fsp3) is 0.368. The lowest BCUT2D eigenvalue weighted by atomic mass is 10.2. The molecule has 9 heteroatoms. The Bertz CT molecular complexity index is 789. The summed E-state index contributed by atoms with van der Waals surface area (Å²) in [5.74, 6) is -0.152. The fourth-order valence-electron chi connectivity index (χ4n) is 2.71. The van der Waals surface area contributed by atoms with Gasteiger partial charge < -0.3 is 20.1 Å². The van der Waals surface area contributed by atoms with Gasteiger partial charge in [-0.3, -0.25) is 9.69 Å². The lowest BCUT2D eigenvalue weighted by Crippen LogP contribution is -2.41. The van der Waals surface area contributed by atoms with Gasteiger partial charge in [0.15, 0.2) is 0 Å². The molecule has 1 aliphatic heterocycles. The second kappa shape index (κ2) is 9.77. The average Bonchev–Trinajstić information content (AvgIpc) is 2.75. The van der Waals surface area contributed by atoms with Crippen LogP contribution in [0.1, 0.15) is 20.8 Å². The Balaban J connectivity index is 1.48. The molecule has 148 valence electrons. The van der Waals surface area contributed by atoms with Crippen molar-refractivity contribution in [2.24, 2.45) is 0 Å². The number of hydrogen-bond donors (Lipinski definition) is 2. The molecule has 0 radical (unpaired) electrons. The minimum atomic E-state index is -0.393. The first-order chi connectivity index (χ1) is 13.7. The maximum absolute atomic E-state index is 12.2. The monoisotopic (exact) mass is 385 g/mol. The number of rotatable bonds is 7. The normalized spacial score (nSPS) is 14.3. The molecule has 0 spiro atoms. The number of methoxy groups -OCH3 is 1. The molecule has 1 aromatic carbocycles. The first-order valence-electron chi connectivity index (χ1n) is 9.01. The summed E-state index contributed by atoms with van der Waals surface area (Å²) >= 11 is 0. The molecule has 1 aliphatic rings. The number of morpholine rings is 1. The average molecular weight is 385 g/mol. The molecule has 9 nitrogen and oxygen atoms in total. The number of amides is 1. The van der Waals surface area contributed by atoms with Crippen LogP contribution in [0.3, 0.4) is 0 Å². The van der Waals surface area contributed by atoms with E-state index in [0.717, 1.165) is 38.5 Å². The van der Waals surface area contributed by atoms with Gasteiger partial charge >= 0.3 is 5.97 Å². The van der Waals surface area contributed by atoms with Crippen molar-refractivity contribution in [1.82, 2.24) is 20.2 Å². The lowest BCUT2D eigenvalue weighted by Gasteiger charge is -2.26. The van der Waals surface area contributed by atoms with Crippen LogP contribution in [-0.4, -0.2) is 73.2 Å². The molecule has 28 heavy (non-hydrogen) atoms. The topological polar surface area (TPSA) is 106 Å². The predicted molar refractivity (Wildman–Crippen MR) is 103 cm³/mol. The molecule has 0 unspecified atom stereocenters. The summed E-state index contributed by atoms with van der Waals surface area (Å²) in [5.41, 5.74) is 1.46. The Hall–Kier alpha value is -3.04. The molecule has 1 saturated heterocycles. The molecular weight excluding hydrogens is 362 g/mol. The summed E-state index contributed by atoms with van der Waals surface area (Å²) in [5, 5.41) is 5.91. The first kappa shape index (κ1) is 19.7. The van der Waals surface area contributed by atoms with Crippen molar-refractivity contribution in [2.45, 2.75) is 0 Å². The molecule has 2 N–H and O–H groups in total. The number of carbonyl (C=O) groups is 2. The zero-order valence-corrected chi connectivity index (χ0v) is 15.7. The lowest BCUT2D eigenvalue weighted by molar-refractivity contribution is 0.0383. The summed E-state index contributed by atoms with van der Waals surface area (Å²) < 4.78 is 9.96. The van der Waals surface area contributed by atoms with Crippen LogP contribution in [0.5, 0.6) is 0 Å². The summed E-state index contributed by atoms with van der Waals surface area (Å²) in [6.07, 6.45) is 2.92. The highest BCUT2D eigenvalue weighted by molar-refractivity contribution is 5.92. The molecule has 1 aromatic heterocycles. The molecule has 0 aliphatic carbocycles. The van der Waals surface area contributed by atoms with E-state index in [9.17, 15) is 9.59 Å². The Labute approximate surface area is 163 Å². The van der Waals surface area contributed by atoms with Crippen molar-refractivity contribution in [3.8, 4) is 0 Å².